The van der Waals surface area contributed by atoms with Crippen molar-refractivity contribution >= 4 is 11.9 Å². The van der Waals surface area contributed by atoms with Crippen molar-refractivity contribution in [2.45, 2.75) is 0 Å². The monoisotopic (exact) mass is 235 g/mol. The van der Waals surface area contributed by atoms with Crippen molar-refractivity contribution in [1.82, 2.24) is 4.98 Å². The van der Waals surface area contributed by atoms with Gasteiger partial charge in [-0.05, 0) is 23.8 Å². The number of hydrogen-bond acceptors (Lipinski definition) is 2. The second kappa shape index (κ2) is 6.30. The predicted molar refractivity (Wildman–Crippen MR) is 73.2 cm³/mol. The molecule has 0 bridgehead atoms. The molecule has 1 aromatic carbocycles. The minimum absolute atomic E-state index is 0.0184. The van der Waals surface area contributed by atoms with Crippen LogP contribution in [0.1, 0.15) is 15.9 Å². The van der Waals surface area contributed by atoms with Gasteiger partial charge in [0.05, 0.1) is 0 Å². The van der Waals surface area contributed by atoms with Crippen LogP contribution >= 0.6 is 0 Å². The maximum absolute atomic E-state index is 11.7. The van der Waals surface area contributed by atoms with Gasteiger partial charge >= 0.3 is 0 Å². The second-order valence-corrected chi connectivity index (χ2v) is 3.73. The van der Waals surface area contributed by atoms with Gasteiger partial charge in [-0.2, -0.15) is 0 Å². The van der Waals surface area contributed by atoms with Gasteiger partial charge in [0.2, 0.25) is 0 Å². The lowest BCUT2D eigenvalue weighted by Gasteiger charge is -1.92. The summed E-state index contributed by atoms with van der Waals surface area (Å²) in [6.07, 6.45) is 10.3. The SMILES string of the molecule is O=C(/C=C\C=C/c1ccccc1)c1ccncc1. The number of benzene rings is 1. The molecule has 0 N–H and O–H groups in total. The van der Waals surface area contributed by atoms with E-state index in [0.29, 0.717) is 5.56 Å². The first-order valence-electron chi connectivity index (χ1n) is 5.70. The van der Waals surface area contributed by atoms with Crippen LogP contribution in [-0.2, 0) is 0 Å². The molecule has 0 unspecified atom stereocenters. The third-order valence-electron chi connectivity index (χ3n) is 2.41. The Hall–Kier alpha value is -2.48. The minimum Gasteiger partial charge on any atom is -0.289 e. The van der Waals surface area contributed by atoms with Crippen LogP contribution in [0.4, 0.5) is 0 Å². The molecule has 2 aromatic rings. The van der Waals surface area contributed by atoms with Gasteiger partial charge in [0.25, 0.3) is 0 Å². The number of carbonyl (C=O) groups is 1. The quantitative estimate of drug-likeness (QED) is 0.461. The molecule has 88 valence electrons. The number of allylic oxidation sites excluding steroid dienone is 3. The summed E-state index contributed by atoms with van der Waals surface area (Å²) >= 11 is 0. The molecule has 0 fully saturated rings. The summed E-state index contributed by atoms with van der Waals surface area (Å²) in [5.74, 6) is -0.0184. The van der Waals surface area contributed by atoms with Crippen molar-refractivity contribution in [1.29, 1.82) is 0 Å². The summed E-state index contributed by atoms with van der Waals surface area (Å²) in [6, 6.07) is 13.3. The van der Waals surface area contributed by atoms with Gasteiger partial charge in [-0.15, -0.1) is 0 Å². The van der Waals surface area contributed by atoms with Crippen LogP contribution in [0.2, 0.25) is 0 Å². The van der Waals surface area contributed by atoms with Crippen LogP contribution in [0.25, 0.3) is 6.08 Å². The van der Waals surface area contributed by atoms with Crippen molar-refractivity contribution in [2.75, 3.05) is 0 Å². The summed E-state index contributed by atoms with van der Waals surface area (Å²) in [5.41, 5.74) is 1.76. The van der Waals surface area contributed by atoms with Crippen LogP contribution in [0.3, 0.4) is 0 Å². The van der Waals surface area contributed by atoms with Crippen molar-refractivity contribution in [2.24, 2.45) is 0 Å². The molecule has 0 saturated carbocycles. The van der Waals surface area contributed by atoms with E-state index >= 15 is 0 Å². The van der Waals surface area contributed by atoms with E-state index in [4.69, 9.17) is 0 Å². The van der Waals surface area contributed by atoms with E-state index in [1.165, 1.54) is 0 Å². The molecule has 0 atom stereocenters. The molecular formula is C16H13NO. The summed E-state index contributed by atoms with van der Waals surface area (Å²) < 4.78 is 0. The highest BCUT2D eigenvalue weighted by atomic mass is 16.1. The number of pyridine rings is 1. The number of carbonyl (C=O) groups excluding carboxylic acids is 1. The second-order valence-electron chi connectivity index (χ2n) is 3.73. The smallest absolute Gasteiger partial charge is 0.185 e. The fourth-order valence-electron chi connectivity index (χ4n) is 1.49. The zero-order valence-corrected chi connectivity index (χ0v) is 9.86. The first-order valence-corrected chi connectivity index (χ1v) is 5.70. The molecule has 2 heteroatoms. The molecule has 0 aliphatic carbocycles. The maximum Gasteiger partial charge on any atom is 0.185 e. The van der Waals surface area contributed by atoms with E-state index < -0.39 is 0 Å². The van der Waals surface area contributed by atoms with E-state index in [0.717, 1.165) is 5.56 Å². The molecule has 2 rings (SSSR count). The lowest BCUT2D eigenvalue weighted by atomic mass is 10.1. The zero-order chi connectivity index (χ0) is 12.6. The Morgan fingerprint density at radius 2 is 1.67 bits per heavy atom. The molecule has 18 heavy (non-hydrogen) atoms. The maximum atomic E-state index is 11.7. The number of hydrogen-bond donors (Lipinski definition) is 0. The largest absolute Gasteiger partial charge is 0.289 e. The Morgan fingerprint density at radius 1 is 0.944 bits per heavy atom. The highest BCUT2D eigenvalue weighted by molar-refractivity contribution is 6.04. The molecule has 0 aliphatic rings. The van der Waals surface area contributed by atoms with E-state index in [-0.39, 0.29) is 5.78 Å². The molecule has 0 aliphatic heterocycles. The fraction of sp³-hybridized carbons (Fsp3) is 0. The first-order chi connectivity index (χ1) is 8.86. The number of ketones is 1. The predicted octanol–water partition coefficient (Wildman–Crippen LogP) is 3.53. The Labute approximate surface area is 106 Å². The van der Waals surface area contributed by atoms with E-state index in [9.17, 15) is 4.79 Å². The zero-order valence-electron chi connectivity index (χ0n) is 9.86. The van der Waals surface area contributed by atoms with Gasteiger partial charge in [0.1, 0.15) is 0 Å². The van der Waals surface area contributed by atoms with E-state index in [1.807, 2.05) is 42.5 Å². The third kappa shape index (κ3) is 3.52. The van der Waals surface area contributed by atoms with Crippen molar-refractivity contribution in [3.63, 3.8) is 0 Å². The lowest BCUT2D eigenvalue weighted by molar-refractivity contribution is 0.104. The van der Waals surface area contributed by atoms with Crippen LogP contribution in [0.5, 0.6) is 0 Å². The van der Waals surface area contributed by atoms with Crippen LogP contribution in [0, 0.1) is 0 Å². The van der Waals surface area contributed by atoms with Gasteiger partial charge in [-0.3, -0.25) is 9.78 Å². The summed E-state index contributed by atoms with van der Waals surface area (Å²) in [4.78, 5) is 15.6. The average Bonchev–Trinajstić information content (AvgIpc) is 2.45. The molecule has 0 amide bonds. The van der Waals surface area contributed by atoms with Gasteiger partial charge in [-0.25, -0.2) is 0 Å². The summed E-state index contributed by atoms with van der Waals surface area (Å²) in [5, 5.41) is 0. The highest BCUT2D eigenvalue weighted by Gasteiger charge is 1.98. The standard InChI is InChI=1S/C16H13NO/c18-16(15-10-12-17-13-11-15)9-5-4-8-14-6-2-1-3-7-14/h1-13H/b8-4-,9-5-. The number of rotatable bonds is 4. The lowest BCUT2D eigenvalue weighted by Crippen LogP contribution is -1.93. The van der Waals surface area contributed by atoms with Crippen molar-refractivity contribution in [3.8, 4) is 0 Å². The molecular weight excluding hydrogens is 222 g/mol. The van der Waals surface area contributed by atoms with Gasteiger partial charge in [0, 0.05) is 18.0 Å². The Bertz CT molecular complexity index is 556. The molecule has 1 aromatic heterocycles. The first kappa shape index (κ1) is 12.0. The van der Waals surface area contributed by atoms with E-state index in [2.05, 4.69) is 4.98 Å². The topological polar surface area (TPSA) is 30.0 Å². The fourth-order valence-corrected chi connectivity index (χ4v) is 1.49. The Kier molecular flexibility index (Phi) is 4.20. The highest BCUT2D eigenvalue weighted by Crippen LogP contribution is 2.02. The summed E-state index contributed by atoms with van der Waals surface area (Å²) in [7, 11) is 0. The van der Waals surface area contributed by atoms with Gasteiger partial charge < -0.3 is 0 Å². The Morgan fingerprint density at radius 3 is 2.39 bits per heavy atom. The average molecular weight is 235 g/mol. The normalized spacial score (nSPS) is 11.1. The third-order valence-corrected chi connectivity index (χ3v) is 2.41. The van der Waals surface area contributed by atoms with Crippen LogP contribution in [0.15, 0.2) is 73.1 Å². The Balaban J connectivity index is 1.96. The van der Waals surface area contributed by atoms with Crippen LogP contribution in [-0.4, -0.2) is 10.8 Å². The van der Waals surface area contributed by atoms with Crippen molar-refractivity contribution in [3.05, 3.63) is 84.2 Å². The van der Waals surface area contributed by atoms with Crippen molar-refractivity contribution < 1.29 is 4.79 Å². The molecule has 0 radical (unpaired) electrons. The number of nitrogens with zero attached hydrogens (tertiary/aromatic N) is 1. The minimum atomic E-state index is -0.0184. The number of aromatic nitrogens is 1. The van der Waals surface area contributed by atoms with Gasteiger partial charge in [0.15, 0.2) is 5.78 Å². The molecule has 0 spiro atoms. The molecule has 0 saturated heterocycles. The molecule has 1 heterocycles. The summed E-state index contributed by atoms with van der Waals surface area (Å²) in [6.45, 7) is 0. The van der Waals surface area contributed by atoms with Gasteiger partial charge in [-0.1, -0.05) is 48.6 Å². The van der Waals surface area contributed by atoms with Crippen LogP contribution < -0.4 is 0 Å². The van der Waals surface area contributed by atoms with E-state index in [1.54, 1.807) is 36.7 Å². The molecule has 2 nitrogen and oxygen atoms in total.